The lowest BCUT2D eigenvalue weighted by atomic mass is 10.2. The second-order valence-electron chi connectivity index (χ2n) is 3.85. The molecule has 2 aromatic carbocycles. The summed E-state index contributed by atoms with van der Waals surface area (Å²) in [7, 11) is 0. The van der Waals surface area contributed by atoms with Gasteiger partial charge in [0.1, 0.15) is 0 Å². The maximum absolute atomic E-state index is 11.8. The molecule has 0 aliphatic carbocycles. The van der Waals surface area contributed by atoms with Crippen molar-refractivity contribution < 1.29 is 4.79 Å². The summed E-state index contributed by atoms with van der Waals surface area (Å²) in [6.07, 6.45) is 1.47. The molecule has 0 aliphatic heterocycles. The van der Waals surface area contributed by atoms with Crippen LogP contribution in [0.4, 0.5) is 0 Å². The van der Waals surface area contributed by atoms with Gasteiger partial charge in [-0.1, -0.05) is 53.0 Å². The maximum Gasteiger partial charge on any atom is 0.272 e. The average molecular weight is 328 g/mol. The molecular formula is C14H9Cl3N2O. The van der Waals surface area contributed by atoms with Gasteiger partial charge in [-0.2, -0.15) is 5.10 Å². The Bertz CT molecular complexity index is 671. The third-order valence-corrected chi connectivity index (χ3v) is 3.51. The van der Waals surface area contributed by atoms with Gasteiger partial charge in [-0.05, 0) is 29.8 Å². The number of nitrogens with zero attached hydrogens (tertiary/aromatic N) is 1. The van der Waals surface area contributed by atoms with Crippen molar-refractivity contribution in [1.29, 1.82) is 0 Å². The van der Waals surface area contributed by atoms with E-state index in [1.165, 1.54) is 6.21 Å². The highest BCUT2D eigenvalue weighted by Crippen LogP contribution is 2.21. The molecule has 0 aliphatic rings. The van der Waals surface area contributed by atoms with E-state index in [2.05, 4.69) is 10.5 Å². The van der Waals surface area contributed by atoms with E-state index < -0.39 is 0 Å². The number of carbonyl (C=O) groups excluding carboxylic acids is 1. The molecule has 0 aromatic heterocycles. The monoisotopic (exact) mass is 326 g/mol. The number of amides is 1. The Balaban J connectivity index is 2.05. The highest BCUT2D eigenvalue weighted by atomic mass is 35.5. The highest BCUT2D eigenvalue weighted by Gasteiger charge is 2.07. The number of carbonyl (C=O) groups is 1. The van der Waals surface area contributed by atoms with Crippen molar-refractivity contribution in [3.05, 3.63) is 68.7 Å². The fourth-order valence-electron chi connectivity index (χ4n) is 1.46. The van der Waals surface area contributed by atoms with E-state index in [-0.39, 0.29) is 5.91 Å². The van der Waals surface area contributed by atoms with Crippen LogP contribution in [0.25, 0.3) is 0 Å². The summed E-state index contributed by atoms with van der Waals surface area (Å²) in [4.78, 5) is 11.8. The number of hydrogen-bond donors (Lipinski definition) is 1. The van der Waals surface area contributed by atoms with Gasteiger partial charge >= 0.3 is 0 Å². The Labute approximate surface area is 131 Å². The summed E-state index contributed by atoms with van der Waals surface area (Å²) in [6, 6.07) is 11.8. The number of halogens is 3. The fourth-order valence-corrected chi connectivity index (χ4v) is 1.99. The van der Waals surface area contributed by atoms with Crippen LogP contribution < -0.4 is 5.43 Å². The molecule has 2 aromatic rings. The van der Waals surface area contributed by atoms with E-state index >= 15 is 0 Å². The van der Waals surface area contributed by atoms with E-state index in [9.17, 15) is 4.79 Å². The first kappa shape index (κ1) is 14.9. The number of rotatable bonds is 3. The van der Waals surface area contributed by atoms with Crippen LogP contribution in [0.3, 0.4) is 0 Å². The molecule has 1 N–H and O–H groups in total. The standard InChI is InChI=1S/C14H9Cl3N2O/c15-11-4-2-1-3-10(11)14(20)19-18-8-9-5-6-12(16)13(17)7-9/h1-8H,(H,19,20). The first-order valence-corrected chi connectivity index (χ1v) is 6.74. The number of benzene rings is 2. The van der Waals surface area contributed by atoms with E-state index in [1.54, 1.807) is 42.5 Å². The van der Waals surface area contributed by atoms with Crippen LogP contribution in [0, 0.1) is 0 Å². The van der Waals surface area contributed by atoms with Crippen molar-refractivity contribution in [1.82, 2.24) is 5.43 Å². The van der Waals surface area contributed by atoms with Crippen molar-refractivity contribution in [3.8, 4) is 0 Å². The Morgan fingerprint density at radius 3 is 2.45 bits per heavy atom. The van der Waals surface area contributed by atoms with Crippen molar-refractivity contribution in [2.75, 3.05) is 0 Å². The Morgan fingerprint density at radius 2 is 1.75 bits per heavy atom. The summed E-state index contributed by atoms with van der Waals surface area (Å²) in [5.41, 5.74) is 3.48. The number of hydrazone groups is 1. The van der Waals surface area contributed by atoms with Crippen LogP contribution in [0.1, 0.15) is 15.9 Å². The van der Waals surface area contributed by atoms with Crippen LogP contribution >= 0.6 is 34.8 Å². The van der Waals surface area contributed by atoms with Crippen molar-refractivity contribution in [2.24, 2.45) is 5.10 Å². The molecule has 2 rings (SSSR count). The van der Waals surface area contributed by atoms with E-state index in [1.807, 2.05) is 0 Å². The zero-order valence-electron chi connectivity index (χ0n) is 10.1. The van der Waals surface area contributed by atoms with Crippen LogP contribution in [0.15, 0.2) is 47.6 Å². The molecule has 0 fully saturated rings. The van der Waals surface area contributed by atoms with Gasteiger partial charge in [0, 0.05) is 0 Å². The zero-order chi connectivity index (χ0) is 14.5. The molecular weight excluding hydrogens is 319 g/mol. The van der Waals surface area contributed by atoms with Gasteiger partial charge in [0.05, 0.1) is 26.8 Å². The molecule has 6 heteroatoms. The second-order valence-corrected chi connectivity index (χ2v) is 5.07. The SMILES string of the molecule is O=C(NN=Cc1ccc(Cl)c(Cl)c1)c1ccccc1Cl. The fraction of sp³-hybridized carbons (Fsp3) is 0. The van der Waals surface area contributed by atoms with Gasteiger partial charge < -0.3 is 0 Å². The van der Waals surface area contributed by atoms with Crippen LogP contribution in [-0.2, 0) is 0 Å². The summed E-state index contributed by atoms with van der Waals surface area (Å²) < 4.78 is 0. The third-order valence-electron chi connectivity index (χ3n) is 2.44. The van der Waals surface area contributed by atoms with Gasteiger partial charge in [0.2, 0.25) is 0 Å². The van der Waals surface area contributed by atoms with Crippen LogP contribution in [0.2, 0.25) is 15.1 Å². The van der Waals surface area contributed by atoms with Gasteiger partial charge in [-0.3, -0.25) is 4.79 Å². The molecule has 0 radical (unpaired) electrons. The first-order chi connectivity index (χ1) is 9.58. The molecule has 102 valence electrons. The average Bonchev–Trinajstić information content (AvgIpc) is 2.43. The topological polar surface area (TPSA) is 41.5 Å². The van der Waals surface area contributed by atoms with Gasteiger partial charge in [-0.15, -0.1) is 0 Å². The van der Waals surface area contributed by atoms with Crippen molar-refractivity contribution in [2.45, 2.75) is 0 Å². The van der Waals surface area contributed by atoms with E-state index in [0.29, 0.717) is 20.6 Å². The van der Waals surface area contributed by atoms with E-state index in [0.717, 1.165) is 5.56 Å². The lowest BCUT2D eigenvalue weighted by Crippen LogP contribution is -2.17. The van der Waals surface area contributed by atoms with Gasteiger partial charge in [-0.25, -0.2) is 5.43 Å². The number of nitrogens with one attached hydrogen (secondary N) is 1. The lowest BCUT2D eigenvalue weighted by Gasteiger charge is -2.02. The Kier molecular flexibility index (Phi) is 5.01. The molecule has 0 saturated carbocycles. The Hall–Kier alpha value is -1.55. The zero-order valence-corrected chi connectivity index (χ0v) is 12.4. The summed E-state index contributed by atoms with van der Waals surface area (Å²) >= 11 is 17.6. The first-order valence-electron chi connectivity index (χ1n) is 5.61. The van der Waals surface area contributed by atoms with Crippen molar-refractivity contribution >= 4 is 46.9 Å². The minimum atomic E-state index is -0.382. The molecule has 3 nitrogen and oxygen atoms in total. The molecule has 0 heterocycles. The largest absolute Gasteiger partial charge is 0.272 e. The molecule has 0 spiro atoms. The van der Waals surface area contributed by atoms with Gasteiger partial charge in [0.25, 0.3) is 5.91 Å². The summed E-state index contributed by atoms with van der Waals surface area (Å²) in [5, 5.41) is 5.10. The molecule has 0 bridgehead atoms. The lowest BCUT2D eigenvalue weighted by molar-refractivity contribution is 0.0955. The minimum Gasteiger partial charge on any atom is -0.267 e. The van der Waals surface area contributed by atoms with Crippen LogP contribution in [0.5, 0.6) is 0 Å². The third kappa shape index (κ3) is 3.73. The smallest absolute Gasteiger partial charge is 0.267 e. The molecule has 20 heavy (non-hydrogen) atoms. The quantitative estimate of drug-likeness (QED) is 0.658. The normalized spacial score (nSPS) is 10.8. The highest BCUT2D eigenvalue weighted by molar-refractivity contribution is 6.42. The molecule has 1 amide bonds. The Morgan fingerprint density at radius 1 is 1.00 bits per heavy atom. The molecule has 0 saturated heterocycles. The molecule has 0 atom stereocenters. The summed E-state index contributed by atoms with van der Waals surface area (Å²) in [5.74, 6) is -0.382. The van der Waals surface area contributed by atoms with Crippen LogP contribution in [-0.4, -0.2) is 12.1 Å². The second kappa shape index (κ2) is 6.75. The summed E-state index contributed by atoms with van der Waals surface area (Å²) in [6.45, 7) is 0. The molecule has 0 unspecified atom stereocenters. The number of hydrogen-bond acceptors (Lipinski definition) is 2. The predicted octanol–water partition coefficient (Wildman–Crippen LogP) is 4.41. The van der Waals surface area contributed by atoms with Gasteiger partial charge in [0.15, 0.2) is 0 Å². The maximum atomic E-state index is 11.8. The van der Waals surface area contributed by atoms with Crippen molar-refractivity contribution in [3.63, 3.8) is 0 Å². The predicted molar refractivity (Wildman–Crippen MR) is 83.0 cm³/mol. The van der Waals surface area contributed by atoms with E-state index in [4.69, 9.17) is 34.8 Å². The minimum absolute atomic E-state index is 0.362.